The summed E-state index contributed by atoms with van der Waals surface area (Å²) in [5, 5.41) is 27.8. The molecular formula is C18H23N3O2. The molecule has 0 unspecified atom stereocenters. The van der Waals surface area contributed by atoms with Gasteiger partial charge in [0.2, 0.25) is 0 Å². The van der Waals surface area contributed by atoms with Gasteiger partial charge < -0.3 is 20.8 Å². The zero-order chi connectivity index (χ0) is 15.8. The molecule has 1 aliphatic carbocycles. The first kappa shape index (κ1) is 14.6. The first-order chi connectivity index (χ1) is 11.2. The summed E-state index contributed by atoms with van der Waals surface area (Å²) >= 11 is 0. The van der Waals surface area contributed by atoms with Gasteiger partial charge in [-0.2, -0.15) is 0 Å². The highest BCUT2D eigenvalue weighted by Crippen LogP contribution is 2.38. The van der Waals surface area contributed by atoms with Crippen LogP contribution in [0, 0.1) is 0 Å². The van der Waals surface area contributed by atoms with E-state index in [0.29, 0.717) is 6.04 Å². The summed E-state index contributed by atoms with van der Waals surface area (Å²) in [4.78, 5) is 4.75. The fourth-order valence-electron chi connectivity index (χ4n) is 3.78. The molecule has 122 valence electrons. The number of nitrogens with one attached hydrogen (secondary N) is 2. The Morgan fingerprint density at radius 2 is 1.78 bits per heavy atom. The molecular weight excluding hydrogens is 290 g/mol. The monoisotopic (exact) mass is 313 g/mol. The maximum atomic E-state index is 9.94. The van der Waals surface area contributed by atoms with Crippen LogP contribution in [0.15, 0.2) is 12.1 Å². The third-order valence-corrected chi connectivity index (χ3v) is 5.05. The number of piperidine rings is 1. The van der Waals surface area contributed by atoms with E-state index in [1.165, 1.54) is 18.4 Å². The number of phenolic OH excluding ortho intramolecular Hbond substituents is 2. The average Bonchev–Trinajstić information content (AvgIpc) is 2.57. The molecule has 0 bridgehead atoms. The second-order valence-corrected chi connectivity index (χ2v) is 6.65. The lowest BCUT2D eigenvalue weighted by Crippen LogP contribution is -2.35. The van der Waals surface area contributed by atoms with E-state index in [1.807, 2.05) is 0 Å². The Balaban J connectivity index is 1.85. The number of benzene rings is 1. The Morgan fingerprint density at radius 3 is 2.61 bits per heavy atom. The fraction of sp³-hybridized carbons (Fsp3) is 0.500. The first-order valence-electron chi connectivity index (χ1n) is 8.57. The zero-order valence-electron chi connectivity index (χ0n) is 13.2. The maximum absolute atomic E-state index is 9.94. The summed E-state index contributed by atoms with van der Waals surface area (Å²) in [5.41, 5.74) is 4.32. The van der Waals surface area contributed by atoms with Crippen LogP contribution in [0.1, 0.15) is 36.9 Å². The van der Waals surface area contributed by atoms with Crippen molar-refractivity contribution in [2.45, 2.75) is 44.6 Å². The average molecular weight is 313 g/mol. The summed E-state index contributed by atoms with van der Waals surface area (Å²) < 4.78 is 0. The van der Waals surface area contributed by atoms with Gasteiger partial charge >= 0.3 is 0 Å². The molecule has 1 saturated heterocycles. The number of nitrogens with zero attached hydrogens (tertiary/aromatic N) is 1. The molecule has 0 amide bonds. The lowest BCUT2D eigenvalue weighted by atomic mass is 9.92. The van der Waals surface area contributed by atoms with Crippen molar-refractivity contribution >= 4 is 16.6 Å². The Hall–Kier alpha value is -2.01. The summed E-state index contributed by atoms with van der Waals surface area (Å²) in [6.07, 6.45) is 6.58. The highest BCUT2D eigenvalue weighted by atomic mass is 16.3. The molecule has 23 heavy (non-hydrogen) atoms. The van der Waals surface area contributed by atoms with Crippen LogP contribution in [0.5, 0.6) is 11.5 Å². The second kappa shape index (κ2) is 5.89. The standard InChI is InChI=1S/C18H23N3O2/c22-16-9-13-15(10-17(16)23)21-14-4-2-1-3-12(14)18(13)20-11-5-7-19-8-6-11/h9-11,19,22-23H,1-8H2,(H,20,21). The van der Waals surface area contributed by atoms with Gasteiger partial charge in [0.1, 0.15) is 0 Å². The van der Waals surface area contributed by atoms with Crippen molar-refractivity contribution in [2.24, 2.45) is 0 Å². The van der Waals surface area contributed by atoms with E-state index < -0.39 is 0 Å². The van der Waals surface area contributed by atoms with Crippen LogP contribution in [-0.4, -0.2) is 34.3 Å². The van der Waals surface area contributed by atoms with Crippen molar-refractivity contribution in [1.29, 1.82) is 0 Å². The number of aromatic hydroxyl groups is 2. The molecule has 1 fully saturated rings. The Kier molecular flexibility index (Phi) is 3.73. The smallest absolute Gasteiger partial charge is 0.159 e. The summed E-state index contributed by atoms with van der Waals surface area (Å²) in [6, 6.07) is 3.67. The molecule has 2 aliphatic rings. The van der Waals surface area contributed by atoms with E-state index in [0.717, 1.165) is 61.1 Å². The SMILES string of the molecule is Oc1cc2nc3c(c(NC4CCNCC4)c2cc1O)CCCC3. The summed E-state index contributed by atoms with van der Waals surface area (Å²) in [5.74, 6) is -0.183. The van der Waals surface area contributed by atoms with Crippen LogP contribution in [0.3, 0.4) is 0 Å². The minimum absolute atomic E-state index is 0.0802. The number of anilines is 1. The van der Waals surface area contributed by atoms with Crippen molar-refractivity contribution in [3.05, 3.63) is 23.4 Å². The zero-order valence-corrected chi connectivity index (χ0v) is 13.2. The van der Waals surface area contributed by atoms with E-state index in [1.54, 1.807) is 12.1 Å². The van der Waals surface area contributed by atoms with Crippen LogP contribution >= 0.6 is 0 Å². The molecule has 2 aromatic rings. The largest absolute Gasteiger partial charge is 0.504 e. The third-order valence-electron chi connectivity index (χ3n) is 5.05. The topological polar surface area (TPSA) is 77.4 Å². The molecule has 0 spiro atoms. The van der Waals surface area contributed by atoms with Crippen molar-refractivity contribution < 1.29 is 10.2 Å². The number of pyridine rings is 1. The molecule has 4 N–H and O–H groups in total. The molecule has 4 rings (SSSR count). The summed E-state index contributed by atoms with van der Waals surface area (Å²) in [7, 11) is 0. The van der Waals surface area contributed by atoms with E-state index in [9.17, 15) is 10.2 Å². The van der Waals surface area contributed by atoms with Gasteiger partial charge in [0.25, 0.3) is 0 Å². The molecule has 1 aromatic carbocycles. The number of hydrogen-bond acceptors (Lipinski definition) is 5. The normalized spacial score (nSPS) is 18.8. The quantitative estimate of drug-likeness (QED) is 0.641. The predicted molar refractivity (Wildman–Crippen MR) is 91.2 cm³/mol. The Bertz CT molecular complexity index is 739. The van der Waals surface area contributed by atoms with E-state index in [4.69, 9.17) is 4.98 Å². The van der Waals surface area contributed by atoms with Crippen molar-refractivity contribution in [3.63, 3.8) is 0 Å². The molecule has 1 aliphatic heterocycles. The maximum Gasteiger partial charge on any atom is 0.159 e. The number of fused-ring (bicyclic) bond motifs is 2. The number of phenols is 2. The molecule has 5 nitrogen and oxygen atoms in total. The van der Waals surface area contributed by atoms with Crippen molar-refractivity contribution in [3.8, 4) is 11.5 Å². The lowest BCUT2D eigenvalue weighted by Gasteiger charge is -2.28. The third kappa shape index (κ3) is 2.70. The van der Waals surface area contributed by atoms with Gasteiger partial charge in [-0.15, -0.1) is 0 Å². The van der Waals surface area contributed by atoms with E-state index in [-0.39, 0.29) is 11.5 Å². The minimum atomic E-state index is -0.103. The van der Waals surface area contributed by atoms with Gasteiger partial charge in [0.15, 0.2) is 11.5 Å². The predicted octanol–water partition coefficient (Wildman–Crippen LogP) is 2.69. The number of aromatic nitrogens is 1. The van der Waals surface area contributed by atoms with Gasteiger partial charge in [-0.25, -0.2) is 0 Å². The van der Waals surface area contributed by atoms with E-state index >= 15 is 0 Å². The molecule has 5 heteroatoms. The van der Waals surface area contributed by atoms with Gasteiger partial charge in [-0.05, 0) is 63.2 Å². The van der Waals surface area contributed by atoms with Gasteiger partial charge in [-0.1, -0.05) is 0 Å². The molecule has 1 aromatic heterocycles. The van der Waals surface area contributed by atoms with Gasteiger partial charge in [0, 0.05) is 28.9 Å². The molecule has 0 atom stereocenters. The molecule has 2 heterocycles. The second-order valence-electron chi connectivity index (χ2n) is 6.65. The summed E-state index contributed by atoms with van der Waals surface area (Å²) in [6.45, 7) is 2.07. The molecule has 0 radical (unpaired) electrons. The number of rotatable bonds is 2. The van der Waals surface area contributed by atoms with Crippen LogP contribution < -0.4 is 10.6 Å². The van der Waals surface area contributed by atoms with Crippen molar-refractivity contribution in [1.82, 2.24) is 10.3 Å². The lowest BCUT2D eigenvalue weighted by molar-refractivity contribution is 0.405. The van der Waals surface area contributed by atoms with Gasteiger partial charge in [-0.3, -0.25) is 4.98 Å². The van der Waals surface area contributed by atoms with Gasteiger partial charge in [0.05, 0.1) is 5.52 Å². The minimum Gasteiger partial charge on any atom is -0.504 e. The van der Waals surface area contributed by atoms with Crippen LogP contribution in [-0.2, 0) is 12.8 Å². The fourth-order valence-corrected chi connectivity index (χ4v) is 3.78. The Labute approximate surface area is 135 Å². The number of aryl methyl sites for hydroxylation is 1. The van der Waals surface area contributed by atoms with Crippen LogP contribution in [0.4, 0.5) is 5.69 Å². The Morgan fingerprint density at radius 1 is 1.04 bits per heavy atom. The van der Waals surface area contributed by atoms with E-state index in [2.05, 4.69) is 10.6 Å². The molecule has 0 saturated carbocycles. The van der Waals surface area contributed by atoms with Crippen LogP contribution in [0.2, 0.25) is 0 Å². The van der Waals surface area contributed by atoms with Crippen molar-refractivity contribution in [2.75, 3.05) is 18.4 Å². The highest BCUT2D eigenvalue weighted by Gasteiger charge is 2.22. The first-order valence-corrected chi connectivity index (χ1v) is 8.57. The number of hydrogen-bond donors (Lipinski definition) is 4. The van der Waals surface area contributed by atoms with Crippen LogP contribution in [0.25, 0.3) is 10.9 Å². The highest BCUT2D eigenvalue weighted by molar-refractivity contribution is 5.95.